The number of hydrogen-bond acceptors (Lipinski definition) is 8. The lowest BCUT2D eigenvalue weighted by atomic mass is 10.0. The van der Waals surface area contributed by atoms with E-state index in [9.17, 15) is 32.3 Å². The Kier molecular flexibility index (Phi) is 7.57. The summed E-state index contributed by atoms with van der Waals surface area (Å²) in [6.07, 6.45) is -4.60. The molecule has 0 atom stereocenters. The highest BCUT2D eigenvalue weighted by molar-refractivity contribution is 6.22. The first-order chi connectivity index (χ1) is 20.0. The maximum atomic E-state index is 14.1. The fourth-order valence-corrected chi connectivity index (χ4v) is 4.69. The molecule has 1 aliphatic heterocycles. The number of hydrogen-bond donors (Lipinski definition) is 0. The number of benzene rings is 3. The maximum Gasteiger partial charge on any atom is 0.450 e. The van der Waals surface area contributed by atoms with Gasteiger partial charge in [-0.3, -0.25) is 19.3 Å². The maximum absolute atomic E-state index is 14.1. The molecule has 1 aliphatic rings. The average Bonchev–Trinajstić information content (AvgIpc) is 3.21. The summed E-state index contributed by atoms with van der Waals surface area (Å²) in [7, 11) is 2.77. The Morgan fingerprint density at radius 2 is 1.64 bits per heavy atom. The van der Waals surface area contributed by atoms with Gasteiger partial charge in [0.05, 0.1) is 34.7 Å². The topological polar surface area (TPSA) is 112 Å². The third-order valence-corrected chi connectivity index (χ3v) is 6.64. The number of imide groups is 1. The molecule has 0 bridgehead atoms. The SMILES string of the molecule is COCCCN1C(=O)c2ccc(C(=O)Oc3ccc4c(=O)c(-c5ccccc5OC)c(C(F)(F)F)oc4c3)cc2C1=O. The molecule has 0 spiro atoms. The highest BCUT2D eigenvalue weighted by Gasteiger charge is 2.40. The molecule has 216 valence electrons. The monoisotopic (exact) mass is 581 g/mol. The van der Waals surface area contributed by atoms with Crippen molar-refractivity contribution < 1.29 is 46.2 Å². The van der Waals surface area contributed by atoms with Gasteiger partial charge in [0.15, 0.2) is 0 Å². The molecule has 0 saturated carbocycles. The number of fused-ring (bicyclic) bond motifs is 2. The van der Waals surface area contributed by atoms with Gasteiger partial charge in [0.2, 0.25) is 11.2 Å². The van der Waals surface area contributed by atoms with Crippen molar-refractivity contribution in [3.05, 3.63) is 93.3 Å². The van der Waals surface area contributed by atoms with E-state index in [1.54, 1.807) is 6.07 Å². The van der Waals surface area contributed by atoms with E-state index in [-0.39, 0.29) is 45.7 Å². The number of ether oxygens (including phenoxy) is 3. The van der Waals surface area contributed by atoms with Crippen molar-refractivity contribution in [2.24, 2.45) is 0 Å². The van der Waals surface area contributed by atoms with Gasteiger partial charge in [-0.1, -0.05) is 18.2 Å². The quantitative estimate of drug-likeness (QED) is 0.119. The summed E-state index contributed by atoms with van der Waals surface area (Å²) in [5.74, 6) is -3.71. The van der Waals surface area contributed by atoms with Crippen molar-refractivity contribution in [2.75, 3.05) is 27.4 Å². The Morgan fingerprint density at radius 3 is 2.36 bits per heavy atom. The molecule has 1 aromatic heterocycles. The zero-order valence-electron chi connectivity index (χ0n) is 22.2. The molecule has 3 aromatic carbocycles. The molecule has 0 aliphatic carbocycles. The van der Waals surface area contributed by atoms with Crippen LogP contribution in [0.2, 0.25) is 0 Å². The fraction of sp³-hybridized carbons (Fsp3) is 0.200. The van der Waals surface area contributed by atoms with Crippen LogP contribution in [0.3, 0.4) is 0 Å². The van der Waals surface area contributed by atoms with Gasteiger partial charge in [-0.05, 0) is 42.8 Å². The Hall–Kier alpha value is -4.97. The van der Waals surface area contributed by atoms with E-state index >= 15 is 0 Å². The van der Waals surface area contributed by atoms with Crippen molar-refractivity contribution in [1.82, 2.24) is 4.90 Å². The van der Waals surface area contributed by atoms with Crippen LogP contribution in [0.5, 0.6) is 11.5 Å². The highest BCUT2D eigenvalue weighted by atomic mass is 19.4. The molecule has 42 heavy (non-hydrogen) atoms. The van der Waals surface area contributed by atoms with E-state index in [0.29, 0.717) is 13.0 Å². The van der Waals surface area contributed by atoms with Crippen LogP contribution in [-0.2, 0) is 10.9 Å². The predicted octanol–water partition coefficient (Wildman–Crippen LogP) is 5.34. The molecular weight excluding hydrogens is 559 g/mol. The normalized spacial score (nSPS) is 13.0. The van der Waals surface area contributed by atoms with Gasteiger partial charge < -0.3 is 18.6 Å². The van der Waals surface area contributed by atoms with Crippen molar-refractivity contribution >= 4 is 28.8 Å². The number of esters is 1. The first kappa shape index (κ1) is 28.6. The second kappa shape index (κ2) is 11.1. The summed E-state index contributed by atoms with van der Waals surface area (Å²) in [6.45, 7) is 0.490. The lowest BCUT2D eigenvalue weighted by Gasteiger charge is -2.15. The zero-order chi connectivity index (χ0) is 30.2. The number of carbonyl (C=O) groups is 3. The van der Waals surface area contributed by atoms with E-state index in [1.807, 2.05) is 0 Å². The summed E-state index contributed by atoms with van der Waals surface area (Å²) in [5.41, 5.74) is -2.15. The van der Waals surface area contributed by atoms with Crippen LogP contribution >= 0.6 is 0 Å². The summed E-state index contributed by atoms with van der Waals surface area (Å²) < 4.78 is 62.8. The second-order valence-electron chi connectivity index (χ2n) is 9.25. The van der Waals surface area contributed by atoms with Gasteiger partial charge in [0.25, 0.3) is 11.8 Å². The molecule has 12 heteroatoms. The van der Waals surface area contributed by atoms with E-state index in [4.69, 9.17) is 18.6 Å². The Labute approximate surface area is 236 Å². The molecule has 4 aromatic rings. The van der Waals surface area contributed by atoms with E-state index in [2.05, 4.69) is 0 Å². The first-order valence-corrected chi connectivity index (χ1v) is 12.6. The van der Waals surface area contributed by atoms with Gasteiger partial charge >= 0.3 is 12.1 Å². The van der Waals surface area contributed by atoms with Crippen LogP contribution in [0.1, 0.15) is 43.3 Å². The average molecular weight is 581 g/mol. The van der Waals surface area contributed by atoms with Gasteiger partial charge in [0.1, 0.15) is 17.1 Å². The smallest absolute Gasteiger partial charge is 0.450 e. The molecule has 2 heterocycles. The third kappa shape index (κ3) is 5.12. The van der Waals surface area contributed by atoms with Crippen molar-refractivity contribution in [2.45, 2.75) is 12.6 Å². The second-order valence-corrected chi connectivity index (χ2v) is 9.25. The number of carbonyl (C=O) groups excluding carboxylic acids is 3. The number of para-hydroxylation sites is 1. The van der Waals surface area contributed by atoms with Crippen molar-refractivity contribution in [3.63, 3.8) is 0 Å². The molecule has 5 rings (SSSR count). The van der Waals surface area contributed by atoms with Crippen LogP contribution in [0.15, 0.2) is 69.9 Å². The van der Waals surface area contributed by atoms with Crippen molar-refractivity contribution in [1.29, 1.82) is 0 Å². The van der Waals surface area contributed by atoms with Gasteiger partial charge in [-0.2, -0.15) is 13.2 Å². The molecule has 0 unspecified atom stereocenters. The summed E-state index contributed by atoms with van der Waals surface area (Å²) >= 11 is 0. The number of methoxy groups -OCH3 is 2. The largest absolute Gasteiger partial charge is 0.496 e. The number of rotatable bonds is 8. The molecule has 0 fully saturated rings. The van der Waals surface area contributed by atoms with E-state index in [0.717, 1.165) is 11.0 Å². The van der Waals surface area contributed by atoms with Gasteiger partial charge in [-0.25, -0.2) is 4.79 Å². The predicted molar refractivity (Wildman–Crippen MR) is 143 cm³/mol. The van der Waals surface area contributed by atoms with Gasteiger partial charge in [-0.15, -0.1) is 0 Å². The first-order valence-electron chi connectivity index (χ1n) is 12.6. The minimum absolute atomic E-state index is 0.0232. The molecule has 0 N–H and O–H groups in total. The minimum atomic E-state index is -5.04. The molecule has 0 saturated heterocycles. The minimum Gasteiger partial charge on any atom is -0.496 e. The Balaban J connectivity index is 1.47. The number of amides is 2. The molecule has 0 radical (unpaired) electrons. The number of halogens is 3. The van der Waals surface area contributed by atoms with E-state index < -0.39 is 46.3 Å². The fourth-order valence-electron chi connectivity index (χ4n) is 4.69. The summed E-state index contributed by atoms with van der Waals surface area (Å²) in [5, 5.41) is -0.182. The number of nitrogens with zero attached hydrogens (tertiary/aromatic N) is 1. The molecule has 2 amide bonds. The lowest BCUT2D eigenvalue weighted by molar-refractivity contribution is -0.152. The number of alkyl halides is 3. The molecule has 9 nitrogen and oxygen atoms in total. The van der Waals surface area contributed by atoms with Crippen LogP contribution in [0.4, 0.5) is 13.2 Å². The van der Waals surface area contributed by atoms with Crippen LogP contribution in [-0.4, -0.2) is 50.1 Å². The molecular formula is C30H22F3NO8. The lowest BCUT2D eigenvalue weighted by Crippen LogP contribution is -2.31. The standard InChI is InChI=1S/C30H22F3NO8/c1-39-13-5-12-34-27(36)18-10-8-16(14-21(18)28(34)37)29(38)41-17-9-11-20-23(15-17)42-26(30(31,32)33)24(25(20)35)19-6-3-4-7-22(19)40-2/h3-4,6-11,14-15H,5,12-13H2,1-2H3. The Morgan fingerprint density at radius 1 is 0.905 bits per heavy atom. The van der Waals surface area contributed by atoms with Crippen molar-refractivity contribution in [3.8, 4) is 22.6 Å². The Bertz CT molecular complexity index is 1790. The highest BCUT2D eigenvalue weighted by Crippen LogP contribution is 2.40. The van der Waals surface area contributed by atoms with E-state index in [1.165, 1.54) is 62.8 Å². The summed E-state index contributed by atoms with van der Waals surface area (Å²) in [4.78, 5) is 52.6. The third-order valence-electron chi connectivity index (χ3n) is 6.64. The van der Waals surface area contributed by atoms with Crippen LogP contribution in [0, 0.1) is 0 Å². The zero-order valence-corrected chi connectivity index (χ0v) is 22.2. The van der Waals surface area contributed by atoms with Crippen LogP contribution in [0.25, 0.3) is 22.1 Å². The summed E-state index contributed by atoms with van der Waals surface area (Å²) in [6, 6.07) is 13.0. The van der Waals surface area contributed by atoms with Gasteiger partial charge in [0, 0.05) is 31.9 Å². The van der Waals surface area contributed by atoms with Crippen LogP contribution < -0.4 is 14.9 Å².